The molecule has 1 aliphatic heterocycles. The number of ether oxygens (including phenoxy) is 1. The second-order valence-corrected chi connectivity index (χ2v) is 2.69. The summed E-state index contributed by atoms with van der Waals surface area (Å²) in [5.74, 6) is 0. The predicted octanol–water partition coefficient (Wildman–Crippen LogP) is -0.933. The zero-order valence-electron chi connectivity index (χ0n) is 6.88. The van der Waals surface area contributed by atoms with Gasteiger partial charge in [0.15, 0.2) is 0 Å². The van der Waals surface area contributed by atoms with Crippen LogP contribution >= 0.6 is 0 Å². The van der Waals surface area contributed by atoms with E-state index in [9.17, 15) is 4.79 Å². The molecule has 0 aliphatic carbocycles. The van der Waals surface area contributed by atoms with Gasteiger partial charge in [-0.15, -0.1) is 0 Å². The molecule has 5 heteroatoms. The van der Waals surface area contributed by atoms with Crippen LogP contribution in [0.25, 0.3) is 0 Å². The Balaban J connectivity index is 2.08. The maximum absolute atomic E-state index is 10.9. The number of aliphatic hydroxyl groups excluding tert-OH is 1. The fourth-order valence-electron chi connectivity index (χ4n) is 1.12. The Morgan fingerprint density at radius 2 is 2.58 bits per heavy atom. The predicted molar refractivity (Wildman–Crippen MR) is 42.8 cm³/mol. The fraction of sp³-hybridized carbons (Fsp3) is 0.857. The van der Waals surface area contributed by atoms with Crippen LogP contribution in [0, 0.1) is 0 Å². The van der Waals surface area contributed by atoms with E-state index < -0.39 is 6.09 Å². The van der Waals surface area contributed by atoms with Crippen molar-refractivity contribution in [3.63, 3.8) is 0 Å². The Hall–Kier alpha value is -0.810. The van der Waals surface area contributed by atoms with Crippen LogP contribution in [0.4, 0.5) is 4.79 Å². The number of carbonyl (C=O) groups excluding carboxylic acids is 1. The van der Waals surface area contributed by atoms with Crippen LogP contribution < -0.4 is 10.6 Å². The van der Waals surface area contributed by atoms with Crippen molar-refractivity contribution in [2.45, 2.75) is 12.5 Å². The normalized spacial score (nSPS) is 22.2. The van der Waals surface area contributed by atoms with Gasteiger partial charge < -0.3 is 20.5 Å². The number of aliphatic hydroxyl groups is 1. The smallest absolute Gasteiger partial charge is 0.407 e. The van der Waals surface area contributed by atoms with Gasteiger partial charge in [-0.25, -0.2) is 4.79 Å². The van der Waals surface area contributed by atoms with Gasteiger partial charge in [0.05, 0.1) is 6.61 Å². The molecule has 1 amide bonds. The lowest BCUT2D eigenvalue weighted by molar-refractivity contribution is 0.116. The molecule has 1 saturated heterocycles. The number of carbonyl (C=O) groups is 1. The molecular weight excluding hydrogens is 160 g/mol. The van der Waals surface area contributed by atoms with E-state index in [0.29, 0.717) is 0 Å². The minimum Gasteiger partial charge on any atom is -0.447 e. The number of alkyl carbamates (subject to hydrolysis) is 1. The third-order valence-electron chi connectivity index (χ3n) is 1.71. The van der Waals surface area contributed by atoms with Crippen LogP contribution in [0.15, 0.2) is 0 Å². The quantitative estimate of drug-likeness (QED) is 0.517. The highest BCUT2D eigenvalue weighted by Gasteiger charge is 2.16. The molecule has 1 unspecified atom stereocenters. The third kappa shape index (κ3) is 3.06. The summed E-state index contributed by atoms with van der Waals surface area (Å²) in [5, 5.41) is 14.2. The van der Waals surface area contributed by atoms with Gasteiger partial charge in [-0.05, 0) is 13.0 Å². The lowest BCUT2D eigenvalue weighted by atomic mass is 10.3. The average molecular weight is 174 g/mol. The second kappa shape index (κ2) is 4.95. The Kier molecular flexibility index (Phi) is 3.83. The molecule has 1 fully saturated rings. The zero-order chi connectivity index (χ0) is 8.81. The summed E-state index contributed by atoms with van der Waals surface area (Å²) >= 11 is 0. The van der Waals surface area contributed by atoms with Gasteiger partial charge in [0.25, 0.3) is 0 Å². The van der Waals surface area contributed by atoms with Crippen LogP contribution in [0.5, 0.6) is 0 Å². The molecule has 0 spiro atoms. The second-order valence-electron chi connectivity index (χ2n) is 2.69. The largest absolute Gasteiger partial charge is 0.447 e. The van der Waals surface area contributed by atoms with Crippen LogP contribution in [-0.4, -0.2) is 43.5 Å². The van der Waals surface area contributed by atoms with Crippen molar-refractivity contribution in [3.05, 3.63) is 0 Å². The molecule has 0 radical (unpaired) electrons. The average Bonchev–Trinajstić information content (AvgIpc) is 2.53. The van der Waals surface area contributed by atoms with E-state index in [4.69, 9.17) is 5.11 Å². The van der Waals surface area contributed by atoms with E-state index >= 15 is 0 Å². The van der Waals surface area contributed by atoms with Crippen LogP contribution in [0.1, 0.15) is 6.42 Å². The lowest BCUT2D eigenvalue weighted by Crippen LogP contribution is -2.36. The molecule has 1 aliphatic rings. The monoisotopic (exact) mass is 174 g/mol. The summed E-state index contributed by atoms with van der Waals surface area (Å²) < 4.78 is 4.63. The van der Waals surface area contributed by atoms with Gasteiger partial charge in [-0.2, -0.15) is 0 Å². The van der Waals surface area contributed by atoms with Crippen LogP contribution in [0.3, 0.4) is 0 Å². The summed E-state index contributed by atoms with van der Waals surface area (Å²) in [4.78, 5) is 10.9. The van der Waals surface area contributed by atoms with Gasteiger partial charge >= 0.3 is 6.09 Å². The standard InChI is InChI=1S/C7H14N2O3/c10-3-4-12-7(11)9-6-1-2-8-5-6/h6,8,10H,1-5H2,(H,9,11). The Morgan fingerprint density at radius 1 is 1.75 bits per heavy atom. The van der Waals surface area contributed by atoms with Crippen molar-refractivity contribution in [2.24, 2.45) is 0 Å². The highest BCUT2D eigenvalue weighted by Crippen LogP contribution is 1.96. The summed E-state index contributed by atoms with van der Waals surface area (Å²) in [5.41, 5.74) is 0. The number of rotatable bonds is 3. The van der Waals surface area contributed by atoms with Gasteiger partial charge in [-0.3, -0.25) is 0 Å². The van der Waals surface area contributed by atoms with E-state index in [1.807, 2.05) is 0 Å². The Labute approximate surface area is 71.1 Å². The maximum atomic E-state index is 10.9. The number of hydrogen-bond acceptors (Lipinski definition) is 4. The summed E-state index contributed by atoms with van der Waals surface area (Å²) in [6.45, 7) is 1.67. The molecule has 1 atom stereocenters. The SMILES string of the molecule is O=C(NC1CCNC1)OCCO. The van der Waals surface area contributed by atoms with E-state index in [0.717, 1.165) is 19.5 Å². The van der Waals surface area contributed by atoms with E-state index in [2.05, 4.69) is 15.4 Å². The van der Waals surface area contributed by atoms with Crippen molar-refractivity contribution in [2.75, 3.05) is 26.3 Å². The van der Waals surface area contributed by atoms with Crippen LogP contribution in [-0.2, 0) is 4.74 Å². The fourth-order valence-corrected chi connectivity index (χ4v) is 1.12. The van der Waals surface area contributed by atoms with Crippen LogP contribution in [0.2, 0.25) is 0 Å². The number of hydrogen-bond donors (Lipinski definition) is 3. The maximum Gasteiger partial charge on any atom is 0.407 e. The topological polar surface area (TPSA) is 70.6 Å². The number of nitrogens with one attached hydrogen (secondary N) is 2. The molecule has 70 valence electrons. The van der Waals surface area contributed by atoms with Crippen molar-refractivity contribution in [1.82, 2.24) is 10.6 Å². The molecule has 0 aromatic rings. The summed E-state index contributed by atoms with van der Waals surface area (Å²) in [6, 6.07) is 0.177. The van der Waals surface area contributed by atoms with Crippen molar-refractivity contribution >= 4 is 6.09 Å². The molecular formula is C7H14N2O3. The highest BCUT2D eigenvalue weighted by molar-refractivity contribution is 5.67. The third-order valence-corrected chi connectivity index (χ3v) is 1.71. The first-order chi connectivity index (χ1) is 5.83. The zero-order valence-corrected chi connectivity index (χ0v) is 6.88. The molecule has 0 saturated carbocycles. The van der Waals surface area contributed by atoms with Crippen molar-refractivity contribution in [1.29, 1.82) is 0 Å². The first-order valence-corrected chi connectivity index (χ1v) is 4.08. The molecule has 5 nitrogen and oxygen atoms in total. The molecule has 3 N–H and O–H groups in total. The first kappa shape index (κ1) is 9.28. The van der Waals surface area contributed by atoms with Gasteiger partial charge in [0.2, 0.25) is 0 Å². The van der Waals surface area contributed by atoms with E-state index in [1.54, 1.807) is 0 Å². The van der Waals surface area contributed by atoms with Gasteiger partial charge in [0, 0.05) is 12.6 Å². The summed E-state index contributed by atoms with van der Waals surface area (Å²) in [7, 11) is 0. The van der Waals surface area contributed by atoms with E-state index in [1.165, 1.54) is 0 Å². The lowest BCUT2D eigenvalue weighted by Gasteiger charge is -2.10. The van der Waals surface area contributed by atoms with Crippen molar-refractivity contribution < 1.29 is 14.6 Å². The molecule has 0 aromatic heterocycles. The van der Waals surface area contributed by atoms with Gasteiger partial charge in [0.1, 0.15) is 6.61 Å². The molecule has 0 aromatic carbocycles. The minimum absolute atomic E-state index is 0.0615. The highest BCUT2D eigenvalue weighted by atomic mass is 16.6. The van der Waals surface area contributed by atoms with Gasteiger partial charge in [-0.1, -0.05) is 0 Å². The Morgan fingerprint density at radius 3 is 3.17 bits per heavy atom. The number of amides is 1. The van der Waals surface area contributed by atoms with Crippen molar-refractivity contribution in [3.8, 4) is 0 Å². The molecule has 1 heterocycles. The minimum atomic E-state index is -0.447. The summed E-state index contributed by atoms with van der Waals surface area (Å²) in [6.07, 6.45) is 0.492. The van der Waals surface area contributed by atoms with E-state index in [-0.39, 0.29) is 19.3 Å². The first-order valence-electron chi connectivity index (χ1n) is 4.08. The molecule has 12 heavy (non-hydrogen) atoms. The molecule has 0 bridgehead atoms. The Bertz CT molecular complexity index is 146. The molecule has 1 rings (SSSR count).